The average Bonchev–Trinajstić information content (AvgIpc) is 3.45. The van der Waals surface area contributed by atoms with Gasteiger partial charge in [0, 0.05) is 18.9 Å². The fraction of sp³-hybridized carbons (Fsp3) is 0.154. The van der Waals surface area contributed by atoms with E-state index in [1.165, 1.54) is 0 Å². The third-order valence-corrected chi connectivity index (χ3v) is 5.54. The van der Waals surface area contributed by atoms with Crippen LogP contribution in [0.2, 0.25) is 0 Å². The molecule has 180 valence electrons. The van der Waals surface area contributed by atoms with Crippen molar-refractivity contribution in [3.05, 3.63) is 105 Å². The van der Waals surface area contributed by atoms with Crippen molar-refractivity contribution in [3.8, 4) is 17.9 Å². The van der Waals surface area contributed by atoms with Gasteiger partial charge in [-0.15, -0.1) is 0 Å². The van der Waals surface area contributed by atoms with Crippen LogP contribution >= 0.6 is 0 Å². The van der Waals surface area contributed by atoms with E-state index in [4.69, 9.17) is 0 Å². The van der Waals surface area contributed by atoms with Gasteiger partial charge in [0.2, 0.25) is 5.75 Å². The van der Waals surface area contributed by atoms with Gasteiger partial charge in [0.25, 0.3) is 5.56 Å². The summed E-state index contributed by atoms with van der Waals surface area (Å²) in [6.07, 6.45) is 3.46. The second kappa shape index (κ2) is 11.8. The molecule has 0 aliphatic carbocycles. The summed E-state index contributed by atoms with van der Waals surface area (Å²) in [5.74, 6) is -1.61. The molecule has 4 aromatic rings. The van der Waals surface area contributed by atoms with Gasteiger partial charge in [-0.3, -0.25) is 9.59 Å². The second-order valence-corrected chi connectivity index (χ2v) is 7.63. The van der Waals surface area contributed by atoms with E-state index in [0.717, 1.165) is 5.69 Å². The number of aromatic amines is 1. The number of hydrogen-bond donors (Lipinski definition) is 3. The lowest BCUT2D eigenvalue weighted by atomic mass is 9.78. The van der Waals surface area contributed by atoms with Gasteiger partial charge in [0.05, 0.1) is 35.1 Å². The number of nitriles is 2. The Morgan fingerprint density at radius 2 is 1.67 bits per heavy atom. The highest BCUT2D eigenvalue weighted by molar-refractivity contribution is 5.75. The number of H-pyrrole nitrogens is 1. The molecule has 10 nitrogen and oxygen atoms in total. The number of rotatable bonds is 6. The summed E-state index contributed by atoms with van der Waals surface area (Å²) in [7, 11) is 1.81. The van der Waals surface area contributed by atoms with Crippen LogP contribution < -0.4 is 10.9 Å². The van der Waals surface area contributed by atoms with Crippen LogP contribution in [0, 0.1) is 22.7 Å². The number of anilines is 1. The van der Waals surface area contributed by atoms with Crippen LogP contribution in [-0.2, 0) is 0 Å². The van der Waals surface area contributed by atoms with Crippen molar-refractivity contribution in [2.75, 3.05) is 12.4 Å². The SMILES string of the molecule is CC(c1nc(C=O)c(O)c(=O)[nH]1)C(c1ccccc1C#N)c1ccccc1C#N.CNc1cnoc1. The summed E-state index contributed by atoms with van der Waals surface area (Å²) in [4.78, 5) is 29.9. The highest BCUT2D eigenvalue weighted by Crippen LogP contribution is 2.39. The third-order valence-electron chi connectivity index (χ3n) is 5.54. The Hall–Kier alpha value is -5.22. The first-order valence-corrected chi connectivity index (χ1v) is 10.8. The number of aromatic hydroxyl groups is 1. The molecular weight excluding hydrogens is 460 g/mol. The Labute approximate surface area is 206 Å². The minimum absolute atomic E-state index is 0.167. The van der Waals surface area contributed by atoms with Crippen LogP contribution in [0.15, 0.2) is 70.3 Å². The summed E-state index contributed by atoms with van der Waals surface area (Å²) in [6.45, 7) is 1.77. The van der Waals surface area contributed by atoms with Crippen molar-refractivity contribution in [1.29, 1.82) is 10.5 Å². The average molecular weight is 483 g/mol. The first-order chi connectivity index (χ1) is 17.4. The molecule has 0 fully saturated rings. The maximum absolute atomic E-state index is 12.1. The smallest absolute Gasteiger partial charge is 0.293 e. The maximum atomic E-state index is 12.1. The number of hydrogen-bond acceptors (Lipinski definition) is 9. The second-order valence-electron chi connectivity index (χ2n) is 7.63. The molecule has 2 aromatic carbocycles. The monoisotopic (exact) mass is 482 g/mol. The first kappa shape index (κ1) is 25.4. The van der Waals surface area contributed by atoms with Gasteiger partial charge < -0.3 is 19.9 Å². The van der Waals surface area contributed by atoms with E-state index in [9.17, 15) is 25.2 Å². The lowest BCUT2D eigenvalue weighted by molar-refractivity contribution is 0.111. The molecule has 1 atom stereocenters. The molecule has 2 aromatic heterocycles. The molecule has 0 aliphatic heterocycles. The molecule has 0 saturated heterocycles. The topological polar surface area (TPSA) is 169 Å². The number of nitrogens with one attached hydrogen (secondary N) is 2. The quantitative estimate of drug-likeness (QED) is 0.347. The molecule has 0 bridgehead atoms. The van der Waals surface area contributed by atoms with Gasteiger partial charge in [-0.25, -0.2) is 4.98 Å². The zero-order valence-corrected chi connectivity index (χ0v) is 19.5. The van der Waals surface area contributed by atoms with E-state index in [-0.39, 0.29) is 11.5 Å². The normalized spacial score (nSPS) is 10.9. The van der Waals surface area contributed by atoms with Gasteiger partial charge in [0.1, 0.15) is 12.1 Å². The fourth-order valence-corrected chi connectivity index (χ4v) is 3.73. The van der Waals surface area contributed by atoms with E-state index in [1.54, 1.807) is 67.9 Å². The largest absolute Gasteiger partial charge is 0.501 e. The van der Waals surface area contributed by atoms with Crippen LogP contribution in [0.4, 0.5) is 5.69 Å². The number of aromatic nitrogens is 3. The summed E-state index contributed by atoms with van der Waals surface area (Å²) < 4.78 is 4.49. The van der Waals surface area contributed by atoms with Crippen molar-refractivity contribution in [2.45, 2.75) is 18.8 Å². The van der Waals surface area contributed by atoms with E-state index in [0.29, 0.717) is 28.5 Å². The highest BCUT2D eigenvalue weighted by Gasteiger charge is 2.29. The Kier molecular flexibility index (Phi) is 8.31. The predicted molar refractivity (Wildman–Crippen MR) is 131 cm³/mol. The number of carbonyl (C=O) groups is 1. The number of benzene rings is 2. The Morgan fingerprint density at radius 3 is 2.11 bits per heavy atom. The van der Waals surface area contributed by atoms with Crippen LogP contribution in [-0.4, -0.2) is 33.6 Å². The summed E-state index contributed by atoms with van der Waals surface area (Å²) in [5, 5.41) is 35.2. The Balaban J connectivity index is 0.000000444. The van der Waals surface area contributed by atoms with Crippen molar-refractivity contribution in [1.82, 2.24) is 15.1 Å². The minimum atomic E-state index is -0.829. The van der Waals surface area contributed by atoms with Crippen molar-refractivity contribution in [3.63, 3.8) is 0 Å². The molecule has 1 unspecified atom stereocenters. The molecule has 0 amide bonds. The summed E-state index contributed by atoms with van der Waals surface area (Å²) in [5.41, 5.74) is 1.88. The molecule has 0 radical (unpaired) electrons. The van der Waals surface area contributed by atoms with Crippen LogP contribution in [0.1, 0.15) is 57.3 Å². The van der Waals surface area contributed by atoms with Gasteiger partial charge >= 0.3 is 0 Å². The standard InChI is InChI=1S/C22H16N4O3.C4H6N2O/c1-13(21-25-18(12-27)20(28)22(29)26-21)19(16-8-4-2-6-14(16)10-23)17-9-5-3-7-15(17)11-24;1-5-4-2-6-7-3-4/h2-9,12-13,19,28H,1H3,(H,25,26,29);2-3,5H,1H3. The number of nitrogens with zero attached hydrogens (tertiary/aromatic N) is 4. The fourth-order valence-electron chi connectivity index (χ4n) is 3.73. The third kappa shape index (κ3) is 5.46. The van der Waals surface area contributed by atoms with Gasteiger partial charge in [0.15, 0.2) is 12.0 Å². The molecule has 0 saturated carbocycles. The van der Waals surface area contributed by atoms with Gasteiger partial charge in [-0.1, -0.05) is 48.5 Å². The molecule has 10 heteroatoms. The van der Waals surface area contributed by atoms with Crippen LogP contribution in [0.25, 0.3) is 0 Å². The molecule has 36 heavy (non-hydrogen) atoms. The molecule has 0 aliphatic rings. The zero-order valence-electron chi connectivity index (χ0n) is 19.5. The van der Waals surface area contributed by atoms with Gasteiger partial charge in [-0.2, -0.15) is 10.5 Å². The summed E-state index contributed by atoms with van der Waals surface area (Å²) >= 11 is 0. The van der Waals surface area contributed by atoms with Crippen LogP contribution in [0.5, 0.6) is 5.75 Å². The van der Waals surface area contributed by atoms with E-state index in [1.807, 2.05) is 7.05 Å². The van der Waals surface area contributed by atoms with Crippen molar-refractivity contribution >= 4 is 12.0 Å². The van der Waals surface area contributed by atoms with Crippen molar-refractivity contribution < 1.29 is 14.4 Å². The molecule has 4 rings (SSSR count). The van der Waals surface area contributed by atoms with E-state index in [2.05, 4.69) is 37.1 Å². The minimum Gasteiger partial charge on any atom is -0.501 e. The first-order valence-electron chi connectivity index (χ1n) is 10.8. The molecule has 2 heterocycles. The molecule has 3 N–H and O–H groups in total. The highest BCUT2D eigenvalue weighted by atomic mass is 16.5. The lowest BCUT2D eigenvalue weighted by Crippen LogP contribution is -2.20. The van der Waals surface area contributed by atoms with Crippen LogP contribution in [0.3, 0.4) is 0 Å². The van der Waals surface area contributed by atoms with E-state index < -0.39 is 23.1 Å². The van der Waals surface area contributed by atoms with Crippen molar-refractivity contribution in [2.24, 2.45) is 0 Å². The summed E-state index contributed by atoms with van der Waals surface area (Å²) in [6, 6.07) is 18.3. The number of aldehydes is 1. The van der Waals surface area contributed by atoms with E-state index >= 15 is 0 Å². The molecule has 0 spiro atoms. The molecular formula is C26H22N6O4. The maximum Gasteiger partial charge on any atom is 0.293 e. The lowest BCUT2D eigenvalue weighted by Gasteiger charge is -2.26. The Bertz CT molecular complexity index is 1420. The Morgan fingerprint density at radius 1 is 1.08 bits per heavy atom. The predicted octanol–water partition coefficient (Wildman–Crippen LogP) is 3.68. The van der Waals surface area contributed by atoms with Gasteiger partial charge in [-0.05, 0) is 23.3 Å². The number of carbonyl (C=O) groups excluding carboxylic acids is 1. The zero-order chi connectivity index (χ0) is 26.1.